The lowest BCUT2D eigenvalue weighted by Gasteiger charge is -2.01. The van der Waals surface area contributed by atoms with Crippen molar-refractivity contribution in [2.45, 2.75) is 38.3 Å². The molecule has 0 aliphatic rings. The normalized spacial score (nSPS) is 11.5. The Labute approximate surface area is 111 Å². The molecule has 0 amide bonds. The average molecular weight is 297 g/mol. The SMILES string of the molecule is O=C(O)CCCCCCNc1nnc(C(F)(F)F)s1. The molecule has 0 bridgehead atoms. The minimum absolute atomic E-state index is 0.151. The number of carbonyl (C=O) groups is 1. The van der Waals surface area contributed by atoms with Crippen LogP contribution in [0.4, 0.5) is 18.3 Å². The van der Waals surface area contributed by atoms with Gasteiger partial charge < -0.3 is 10.4 Å². The number of anilines is 1. The Hall–Kier alpha value is -1.38. The van der Waals surface area contributed by atoms with Crippen molar-refractivity contribution in [1.82, 2.24) is 10.2 Å². The fourth-order valence-electron chi connectivity index (χ4n) is 1.36. The summed E-state index contributed by atoms with van der Waals surface area (Å²) in [5.74, 6) is -0.813. The van der Waals surface area contributed by atoms with Gasteiger partial charge in [-0.15, -0.1) is 10.2 Å². The van der Waals surface area contributed by atoms with Crippen molar-refractivity contribution in [3.63, 3.8) is 0 Å². The fraction of sp³-hybridized carbons (Fsp3) is 0.700. The van der Waals surface area contributed by atoms with Gasteiger partial charge in [-0.2, -0.15) is 13.2 Å². The molecule has 0 spiro atoms. The number of rotatable bonds is 8. The lowest BCUT2D eigenvalue weighted by molar-refractivity contribution is -0.138. The molecular formula is C10H14F3N3O2S. The van der Waals surface area contributed by atoms with E-state index in [1.54, 1.807) is 0 Å². The number of unbranched alkanes of at least 4 members (excludes halogenated alkanes) is 3. The number of aliphatic carboxylic acids is 1. The smallest absolute Gasteiger partial charge is 0.445 e. The van der Waals surface area contributed by atoms with Crippen LogP contribution < -0.4 is 5.32 Å². The van der Waals surface area contributed by atoms with Crippen LogP contribution in [0.25, 0.3) is 0 Å². The molecule has 1 aromatic rings. The maximum atomic E-state index is 12.2. The average Bonchev–Trinajstić information content (AvgIpc) is 2.75. The third-order valence-corrected chi connectivity index (χ3v) is 3.19. The highest BCUT2D eigenvalue weighted by atomic mass is 32.1. The number of carboxylic acid groups (broad SMARTS) is 1. The van der Waals surface area contributed by atoms with E-state index in [0.29, 0.717) is 24.3 Å². The van der Waals surface area contributed by atoms with Gasteiger partial charge in [-0.3, -0.25) is 4.79 Å². The zero-order valence-corrected chi connectivity index (χ0v) is 10.9. The van der Waals surface area contributed by atoms with E-state index in [9.17, 15) is 18.0 Å². The molecule has 5 nitrogen and oxygen atoms in total. The van der Waals surface area contributed by atoms with Crippen molar-refractivity contribution in [2.75, 3.05) is 11.9 Å². The van der Waals surface area contributed by atoms with Gasteiger partial charge in [-0.25, -0.2) is 0 Å². The van der Waals surface area contributed by atoms with Crippen LogP contribution in [0.3, 0.4) is 0 Å². The second-order valence-corrected chi connectivity index (χ2v) is 4.87. The quantitative estimate of drug-likeness (QED) is 0.721. The minimum atomic E-state index is -4.45. The summed E-state index contributed by atoms with van der Waals surface area (Å²) in [5, 5.41) is 16.8. The Kier molecular flexibility index (Phi) is 6.00. The topological polar surface area (TPSA) is 75.1 Å². The van der Waals surface area contributed by atoms with Crippen LogP contribution in [0.15, 0.2) is 0 Å². The number of nitrogens with zero attached hydrogens (tertiary/aromatic N) is 2. The summed E-state index contributed by atoms with van der Waals surface area (Å²) in [6.07, 6.45) is -1.32. The maximum Gasteiger partial charge on any atom is 0.445 e. The summed E-state index contributed by atoms with van der Waals surface area (Å²) in [6, 6.07) is 0. The highest BCUT2D eigenvalue weighted by Crippen LogP contribution is 2.32. The Morgan fingerprint density at radius 2 is 1.89 bits per heavy atom. The van der Waals surface area contributed by atoms with Crippen LogP contribution in [0.1, 0.15) is 37.1 Å². The standard InChI is InChI=1S/C10H14F3N3O2S/c11-10(12,13)8-15-16-9(19-8)14-6-4-2-1-3-5-7(17)18/h1-6H2,(H,14,16)(H,17,18). The molecule has 0 saturated carbocycles. The van der Waals surface area contributed by atoms with Gasteiger partial charge in [0.05, 0.1) is 0 Å². The lowest BCUT2D eigenvalue weighted by atomic mass is 10.1. The molecule has 1 aromatic heterocycles. The molecule has 0 atom stereocenters. The Morgan fingerprint density at radius 3 is 2.47 bits per heavy atom. The van der Waals surface area contributed by atoms with Gasteiger partial charge in [-0.1, -0.05) is 24.2 Å². The zero-order valence-electron chi connectivity index (χ0n) is 10.0. The molecule has 0 radical (unpaired) electrons. The van der Waals surface area contributed by atoms with Crippen LogP contribution in [0.5, 0.6) is 0 Å². The predicted molar refractivity (Wildman–Crippen MR) is 64.1 cm³/mol. The number of alkyl halides is 3. The molecular weight excluding hydrogens is 283 g/mol. The molecule has 9 heteroatoms. The van der Waals surface area contributed by atoms with Gasteiger partial charge >= 0.3 is 12.1 Å². The van der Waals surface area contributed by atoms with Crippen LogP contribution in [0, 0.1) is 0 Å². The molecule has 2 N–H and O–H groups in total. The van der Waals surface area contributed by atoms with Gasteiger partial charge in [0.2, 0.25) is 10.1 Å². The summed E-state index contributed by atoms with van der Waals surface area (Å²) in [6.45, 7) is 0.500. The molecule has 19 heavy (non-hydrogen) atoms. The number of carboxylic acids is 1. The van der Waals surface area contributed by atoms with Crippen molar-refractivity contribution in [3.8, 4) is 0 Å². The van der Waals surface area contributed by atoms with Gasteiger partial charge in [0.25, 0.3) is 0 Å². The first kappa shape index (κ1) is 15.7. The van der Waals surface area contributed by atoms with E-state index >= 15 is 0 Å². The second-order valence-electron chi connectivity index (χ2n) is 3.89. The van der Waals surface area contributed by atoms with E-state index < -0.39 is 17.2 Å². The first-order valence-corrected chi connectivity index (χ1v) is 6.57. The molecule has 0 fully saturated rings. The number of nitrogens with one attached hydrogen (secondary N) is 1. The molecule has 108 valence electrons. The summed E-state index contributed by atoms with van der Waals surface area (Å²) in [7, 11) is 0. The second kappa shape index (κ2) is 7.27. The van der Waals surface area contributed by atoms with Crippen LogP contribution in [-0.4, -0.2) is 27.8 Å². The van der Waals surface area contributed by atoms with Gasteiger partial charge in [0, 0.05) is 13.0 Å². The number of hydrogen-bond acceptors (Lipinski definition) is 5. The van der Waals surface area contributed by atoms with Gasteiger partial charge in [-0.05, 0) is 12.8 Å². The Balaban J connectivity index is 2.13. The van der Waals surface area contributed by atoms with Gasteiger partial charge in [0.1, 0.15) is 0 Å². The van der Waals surface area contributed by atoms with Crippen molar-refractivity contribution < 1.29 is 23.1 Å². The highest BCUT2D eigenvalue weighted by molar-refractivity contribution is 7.15. The fourth-order valence-corrected chi connectivity index (χ4v) is 2.00. The third-order valence-electron chi connectivity index (χ3n) is 2.26. The van der Waals surface area contributed by atoms with E-state index in [1.165, 1.54) is 0 Å². The molecule has 0 unspecified atom stereocenters. The van der Waals surface area contributed by atoms with Crippen LogP contribution >= 0.6 is 11.3 Å². The molecule has 1 rings (SSSR count). The molecule has 0 aliphatic heterocycles. The van der Waals surface area contributed by atoms with Crippen molar-refractivity contribution in [3.05, 3.63) is 5.01 Å². The van der Waals surface area contributed by atoms with Crippen LogP contribution in [0.2, 0.25) is 0 Å². The van der Waals surface area contributed by atoms with Gasteiger partial charge in [0.15, 0.2) is 0 Å². The largest absolute Gasteiger partial charge is 0.481 e. The number of hydrogen-bond donors (Lipinski definition) is 2. The van der Waals surface area contributed by atoms with E-state index in [1.807, 2.05) is 0 Å². The molecule has 0 aliphatic carbocycles. The Morgan fingerprint density at radius 1 is 1.21 bits per heavy atom. The first-order valence-electron chi connectivity index (χ1n) is 5.76. The number of aromatic nitrogens is 2. The van der Waals surface area contributed by atoms with Crippen molar-refractivity contribution in [2.24, 2.45) is 0 Å². The molecule has 1 heterocycles. The van der Waals surface area contributed by atoms with Crippen molar-refractivity contribution >= 4 is 22.4 Å². The maximum absolute atomic E-state index is 12.2. The monoisotopic (exact) mass is 297 g/mol. The molecule has 0 aromatic carbocycles. The van der Waals surface area contributed by atoms with Crippen molar-refractivity contribution in [1.29, 1.82) is 0 Å². The summed E-state index contributed by atoms with van der Waals surface area (Å²) >= 11 is 0.476. The predicted octanol–water partition coefficient (Wildman–Crippen LogP) is 3.00. The summed E-state index contributed by atoms with van der Waals surface area (Å²) in [5.41, 5.74) is 0. The summed E-state index contributed by atoms with van der Waals surface area (Å²) in [4.78, 5) is 10.2. The number of halogens is 3. The van der Waals surface area contributed by atoms with E-state index in [0.717, 1.165) is 19.3 Å². The molecule has 0 saturated heterocycles. The van der Waals surface area contributed by atoms with E-state index in [2.05, 4.69) is 15.5 Å². The van der Waals surface area contributed by atoms with E-state index in [-0.39, 0.29) is 11.6 Å². The van der Waals surface area contributed by atoms with Crippen LogP contribution in [-0.2, 0) is 11.0 Å². The highest BCUT2D eigenvalue weighted by Gasteiger charge is 2.35. The Bertz CT molecular complexity index is 409. The lowest BCUT2D eigenvalue weighted by Crippen LogP contribution is -2.03. The third kappa shape index (κ3) is 6.37. The van der Waals surface area contributed by atoms with E-state index in [4.69, 9.17) is 5.11 Å². The minimum Gasteiger partial charge on any atom is -0.481 e. The summed E-state index contributed by atoms with van der Waals surface area (Å²) < 4.78 is 36.7. The first-order chi connectivity index (χ1) is 8.89. The zero-order chi connectivity index (χ0) is 14.3.